The van der Waals surface area contributed by atoms with Crippen LogP contribution in [0.1, 0.15) is 11.5 Å². The summed E-state index contributed by atoms with van der Waals surface area (Å²) in [4.78, 5) is 0.105. The number of rotatable bonds is 7. The van der Waals surface area contributed by atoms with Crippen molar-refractivity contribution in [2.45, 2.75) is 17.9 Å². The Morgan fingerprint density at radius 1 is 1.12 bits per heavy atom. The van der Waals surface area contributed by atoms with Crippen LogP contribution < -0.4 is 10.5 Å². The maximum Gasteiger partial charge on any atom is 0.247 e. The summed E-state index contributed by atoms with van der Waals surface area (Å²) in [5.74, 6) is 0.896. The molecule has 1 heterocycles. The Hall–Kier alpha value is -2.26. The monoisotopic (exact) mass is 392 g/mol. The van der Waals surface area contributed by atoms with Crippen LogP contribution in [-0.2, 0) is 23.0 Å². The van der Waals surface area contributed by atoms with Gasteiger partial charge in [-0.2, -0.15) is 0 Å². The first-order valence-corrected chi connectivity index (χ1v) is 9.75. The number of halogens is 1. The number of aromatic nitrogens is 2. The maximum atomic E-state index is 11.2. The van der Waals surface area contributed by atoms with Crippen molar-refractivity contribution in [1.82, 2.24) is 15.5 Å². The van der Waals surface area contributed by atoms with Crippen LogP contribution in [0.3, 0.4) is 0 Å². The quantitative estimate of drug-likeness (QED) is 0.597. The van der Waals surface area contributed by atoms with E-state index >= 15 is 0 Å². The summed E-state index contributed by atoms with van der Waals surface area (Å²) in [7, 11) is -3.66. The molecule has 136 valence electrons. The Bertz CT molecular complexity index is 987. The van der Waals surface area contributed by atoms with E-state index in [1.165, 1.54) is 12.1 Å². The van der Waals surface area contributed by atoms with Crippen molar-refractivity contribution in [2.75, 3.05) is 6.54 Å². The zero-order chi connectivity index (χ0) is 18.6. The second-order valence-corrected chi connectivity index (χ2v) is 7.62. The fourth-order valence-electron chi connectivity index (χ4n) is 2.34. The van der Waals surface area contributed by atoms with E-state index in [0.717, 1.165) is 17.5 Å². The predicted molar refractivity (Wildman–Crippen MR) is 98.0 cm³/mol. The highest BCUT2D eigenvalue weighted by Crippen LogP contribution is 2.21. The van der Waals surface area contributed by atoms with Crippen LogP contribution in [0.5, 0.6) is 0 Å². The zero-order valence-electron chi connectivity index (χ0n) is 13.7. The average Bonchev–Trinajstić information content (AvgIpc) is 3.07. The lowest BCUT2D eigenvalue weighted by Crippen LogP contribution is -2.17. The van der Waals surface area contributed by atoms with Gasteiger partial charge in [-0.3, -0.25) is 0 Å². The summed E-state index contributed by atoms with van der Waals surface area (Å²) in [6, 6.07) is 13.7. The molecule has 0 unspecified atom stereocenters. The number of hydrogen-bond acceptors (Lipinski definition) is 6. The number of primary sulfonamides is 1. The summed E-state index contributed by atoms with van der Waals surface area (Å²) in [6.45, 7) is 1.10. The molecule has 2 aromatic carbocycles. The first-order valence-electron chi connectivity index (χ1n) is 7.82. The van der Waals surface area contributed by atoms with Crippen molar-refractivity contribution < 1.29 is 12.8 Å². The van der Waals surface area contributed by atoms with Gasteiger partial charge in [-0.25, -0.2) is 13.6 Å². The number of hydrogen-bond donors (Lipinski definition) is 2. The highest BCUT2D eigenvalue weighted by molar-refractivity contribution is 7.89. The van der Waals surface area contributed by atoms with Gasteiger partial charge in [0.2, 0.25) is 21.8 Å². The van der Waals surface area contributed by atoms with Crippen LogP contribution in [0.4, 0.5) is 0 Å². The van der Waals surface area contributed by atoms with E-state index in [-0.39, 0.29) is 4.90 Å². The SMILES string of the molecule is NS(=O)(=O)c1ccc(CCNCc2nnc(-c3cccc(Cl)c3)o2)cc1. The van der Waals surface area contributed by atoms with Crippen LogP contribution in [0.2, 0.25) is 5.02 Å². The predicted octanol–water partition coefficient (Wildman–Crippen LogP) is 2.37. The number of nitrogens with two attached hydrogens (primary N) is 1. The van der Waals surface area contributed by atoms with E-state index in [4.69, 9.17) is 21.2 Å². The summed E-state index contributed by atoms with van der Waals surface area (Å²) in [5, 5.41) is 16.9. The van der Waals surface area contributed by atoms with Crippen LogP contribution >= 0.6 is 11.6 Å². The fraction of sp³-hybridized carbons (Fsp3) is 0.176. The van der Waals surface area contributed by atoms with Crippen molar-refractivity contribution in [1.29, 1.82) is 0 Å². The van der Waals surface area contributed by atoms with Gasteiger partial charge in [-0.15, -0.1) is 10.2 Å². The van der Waals surface area contributed by atoms with Crippen LogP contribution in [0, 0.1) is 0 Å². The van der Waals surface area contributed by atoms with Gasteiger partial charge in [0.05, 0.1) is 11.4 Å². The Labute approximate surface area is 156 Å². The van der Waals surface area contributed by atoms with Gasteiger partial charge in [0.25, 0.3) is 0 Å². The van der Waals surface area contributed by atoms with Crippen molar-refractivity contribution in [3.05, 3.63) is 65.0 Å². The lowest BCUT2D eigenvalue weighted by molar-refractivity contribution is 0.478. The Morgan fingerprint density at radius 2 is 1.88 bits per heavy atom. The van der Waals surface area contributed by atoms with Gasteiger partial charge in [0.15, 0.2) is 0 Å². The van der Waals surface area contributed by atoms with Gasteiger partial charge >= 0.3 is 0 Å². The molecular weight excluding hydrogens is 376 g/mol. The number of nitrogens with zero attached hydrogens (tertiary/aromatic N) is 2. The highest BCUT2D eigenvalue weighted by atomic mass is 35.5. The molecule has 0 spiro atoms. The second-order valence-electron chi connectivity index (χ2n) is 5.63. The molecule has 3 N–H and O–H groups in total. The molecule has 0 aliphatic heterocycles. The van der Waals surface area contributed by atoms with Gasteiger partial charge in [0, 0.05) is 10.6 Å². The van der Waals surface area contributed by atoms with Crippen molar-refractivity contribution >= 4 is 21.6 Å². The molecule has 0 aliphatic rings. The average molecular weight is 393 g/mol. The third-order valence-corrected chi connectivity index (χ3v) is 4.82. The minimum Gasteiger partial charge on any atom is -0.419 e. The van der Waals surface area contributed by atoms with Crippen molar-refractivity contribution in [3.8, 4) is 11.5 Å². The molecule has 9 heteroatoms. The molecule has 1 aromatic heterocycles. The molecule has 0 saturated carbocycles. The van der Waals surface area contributed by atoms with E-state index in [0.29, 0.717) is 29.9 Å². The molecule has 0 amide bonds. The first kappa shape index (κ1) is 18.5. The highest BCUT2D eigenvalue weighted by Gasteiger charge is 2.09. The molecule has 0 bridgehead atoms. The molecule has 26 heavy (non-hydrogen) atoms. The van der Waals surface area contributed by atoms with Crippen LogP contribution in [-0.4, -0.2) is 25.2 Å². The maximum absolute atomic E-state index is 11.2. The molecule has 3 rings (SSSR count). The van der Waals surface area contributed by atoms with Gasteiger partial charge in [-0.05, 0) is 48.9 Å². The summed E-state index contributed by atoms with van der Waals surface area (Å²) in [6.07, 6.45) is 0.722. The van der Waals surface area contributed by atoms with Crippen molar-refractivity contribution in [2.24, 2.45) is 5.14 Å². The van der Waals surface area contributed by atoms with Gasteiger partial charge in [-0.1, -0.05) is 29.8 Å². The molecule has 0 fully saturated rings. The Balaban J connectivity index is 1.50. The lowest BCUT2D eigenvalue weighted by Gasteiger charge is -2.04. The Kier molecular flexibility index (Phi) is 5.67. The minimum absolute atomic E-state index is 0.105. The molecule has 0 radical (unpaired) electrons. The number of sulfonamides is 1. The summed E-state index contributed by atoms with van der Waals surface area (Å²) >= 11 is 5.95. The first-order chi connectivity index (χ1) is 12.4. The number of nitrogens with one attached hydrogen (secondary N) is 1. The lowest BCUT2D eigenvalue weighted by atomic mass is 10.1. The summed E-state index contributed by atoms with van der Waals surface area (Å²) in [5.41, 5.74) is 1.77. The molecule has 0 saturated heterocycles. The number of benzene rings is 2. The van der Waals surface area contributed by atoms with Crippen molar-refractivity contribution in [3.63, 3.8) is 0 Å². The molecule has 0 atom stereocenters. The van der Waals surface area contributed by atoms with E-state index in [2.05, 4.69) is 15.5 Å². The smallest absolute Gasteiger partial charge is 0.247 e. The second kappa shape index (κ2) is 7.96. The molecule has 3 aromatic rings. The normalized spacial score (nSPS) is 11.6. The third kappa shape index (κ3) is 4.89. The van der Waals surface area contributed by atoms with Gasteiger partial charge in [0.1, 0.15) is 0 Å². The minimum atomic E-state index is -3.66. The fourth-order valence-corrected chi connectivity index (χ4v) is 3.04. The topological polar surface area (TPSA) is 111 Å². The van der Waals surface area contributed by atoms with Crippen LogP contribution in [0.15, 0.2) is 57.8 Å². The van der Waals surface area contributed by atoms with E-state index in [9.17, 15) is 8.42 Å². The third-order valence-electron chi connectivity index (χ3n) is 3.66. The van der Waals surface area contributed by atoms with Gasteiger partial charge < -0.3 is 9.73 Å². The van der Waals surface area contributed by atoms with E-state index < -0.39 is 10.0 Å². The standard InChI is InChI=1S/C17H17ClN4O3S/c18-14-3-1-2-13(10-14)17-22-21-16(25-17)11-20-9-8-12-4-6-15(7-5-12)26(19,23)24/h1-7,10,20H,8-9,11H2,(H2,19,23,24). The largest absolute Gasteiger partial charge is 0.419 e. The van der Waals surface area contributed by atoms with Crippen LogP contribution in [0.25, 0.3) is 11.5 Å². The zero-order valence-corrected chi connectivity index (χ0v) is 15.3. The Morgan fingerprint density at radius 3 is 2.58 bits per heavy atom. The molecule has 7 nitrogen and oxygen atoms in total. The van der Waals surface area contributed by atoms with E-state index in [1.807, 2.05) is 12.1 Å². The summed E-state index contributed by atoms with van der Waals surface area (Å²) < 4.78 is 28.0. The molecular formula is C17H17ClN4O3S. The van der Waals surface area contributed by atoms with E-state index in [1.54, 1.807) is 24.3 Å². The molecule has 0 aliphatic carbocycles.